The fourth-order valence-electron chi connectivity index (χ4n) is 9.37. The summed E-state index contributed by atoms with van der Waals surface area (Å²) in [7, 11) is 0. The second-order valence-electron chi connectivity index (χ2n) is 13.0. The maximum absolute atomic E-state index is 10.8. The summed E-state index contributed by atoms with van der Waals surface area (Å²) in [4.78, 5) is 0. The van der Waals surface area contributed by atoms with Crippen molar-refractivity contribution < 1.29 is 5.11 Å². The van der Waals surface area contributed by atoms with Crippen molar-refractivity contribution >= 4 is 0 Å². The van der Waals surface area contributed by atoms with Crippen LogP contribution in [0.25, 0.3) is 0 Å². The average Bonchev–Trinajstić information content (AvgIpc) is 3.07. The Balaban J connectivity index is 1.53. The normalized spacial score (nSPS) is 45.5. The van der Waals surface area contributed by atoms with E-state index >= 15 is 0 Å². The van der Waals surface area contributed by atoms with Gasteiger partial charge in [-0.2, -0.15) is 0 Å². The van der Waals surface area contributed by atoms with Gasteiger partial charge in [0, 0.05) is 5.92 Å². The molecule has 1 nitrogen and oxygen atoms in total. The topological polar surface area (TPSA) is 20.2 Å². The standard InChI is InChI=1S/C30H50O/c1-7-9-23-26-13-12-22-25-15-14-24(21(4)11-8-10-20(2)3)29(25,5)18-16-27(22)30(26,6)19-17-28(23)31/h7,13,20-25,27-28,31H,1,8-12,14-19H2,2-6H3/t21-,22?,23+,24-,25?,27?,28-,29-,30+/m1/s1. The smallest absolute Gasteiger partial charge is 0.0609 e. The zero-order valence-corrected chi connectivity index (χ0v) is 21.2. The molecular weight excluding hydrogens is 376 g/mol. The molecule has 3 unspecified atom stereocenters. The summed E-state index contributed by atoms with van der Waals surface area (Å²) in [6.45, 7) is 16.6. The third kappa shape index (κ3) is 4.00. The van der Waals surface area contributed by atoms with Crippen LogP contribution in [0.3, 0.4) is 0 Å². The van der Waals surface area contributed by atoms with E-state index in [2.05, 4.69) is 47.3 Å². The van der Waals surface area contributed by atoms with Crippen LogP contribution in [0, 0.1) is 52.3 Å². The first-order chi connectivity index (χ1) is 14.7. The molecule has 4 rings (SSSR count). The second-order valence-corrected chi connectivity index (χ2v) is 13.0. The Hall–Kier alpha value is -0.560. The van der Waals surface area contributed by atoms with Crippen molar-refractivity contribution in [3.05, 3.63) is 24.3 Å². The Morgan fingerprint density at radius 2 is 1.84 bits per heavy atom. The Labute approximate surface area is 193 Å². The molecule has 0 heterocycles. The summed E-state index contributed by atoms with van der Waals surface area (Å²) in [6.07, 6.45) is 18.9. The van der Waals surface area contributed by atoms with Gasteiger partial charge in [-0.3, -0.25) is 0 Å². The fourth-order valence-corrected chi connectivity index (χ4v) is 9.37. The van der Waals surface area contributed by atoms with Crippen LogP contribution in [0.4, 0.5) is 0 Å². The zero-order chi connectivity index (χ0) is 22.4. The molecule has 176 valence electrons. The van der Waals surface area contributed by atoms with Crippen LogP contribution < -0.4 is 0 Å². The van der Waals surface area contributed by atoms with E-state index < -0.39 is 0 Å². The maximum atomic E-state index is 10.8. The third-order valence-corrected chi connectivity index (χ3v) is 11.0. The molecule has 0 amide bonds. The Kier molecular flexibility index (Phi) is 6.85. The molecule has 31 heavy (non-hydrogen) atoms. The molecule has 0 aliphatic heterocycles. The lowest BCUT2D eigenvalue weighted by Gasteiger charge is -2.59. The van der Waals surface area contributed by atoms with E-state index in [0.29, 0.717) is 16.7 Å². The van der Waals surface area contributed by atoms with E-state index in [-0.39, 0.29) is 6.10 Å². The van der Waals surface area contributed by atoms with E-state index in [1.165, 1.54) is 57.8 Å². The highest BCUT2D eigenvalue weighted by molar-refractivity contribution is 5.28. The van der Waals surface area contributed by atoms with Gasteiger partial charge < -0.3 is 5.11 Å². The van der Waals surface area contributed by atoms with Crippen LogP contribution in [0.15, 0.2) is 24.3 Å². The van der Waals surface area contributed by atoms with Gasteiger partial charge in [-0.05, 0) is 97.7 Å². The quantitative estimate of drug-likeness (QED) is 0.407. The predicted octanol–water partition coefficient (Wildman–Crippen LogP) is 8.19. The Morgan fingerprint density at radius 3 is 2.55 bits per heavy atom. The molecule has 0 aromatic rings. The van der Waals surface area contributed by atoms with Crippen molar-refractivity contribution in [2.45, 2.75) is 111 Å². The van der Waals surface area contributed by atoms with Crippen LogP contribution in [0.1, 0.15) is 105 Å². The van der Waals surface area contributed by atoms with Crippen molar-refractivity contribution in [1.29, 1.82) is 0 Å². The van der Waals surface area contributed by atoms with Crippen LogP contribution >= 0.6 is 0 Å². The van der Waals surface area contributed by atoms with Gasteiger partial charge in [0.05, 0.1) is 6.10 Å². The van der Waals surface area contributed by atoms with Crippen LogP contribution in [-0.2, 0) is 0 Å². The van der Waals surface area contributed by atoms with Gasteiger partial charge in [0.25, 0.3) is 0 Å². The number of hydrogen-bond acceptors (Lipinski definition) is 1. The summed E-state index contributed by atoms with van der Waals surface area (Å²) in [5.74, 6) is 5.62. The lowest BCUT2D eigenvalue weighted by atomic mass is 9.45. The number of aliphatic hydroxyl groups excluding tert-OH is 1. The summed E-state index contributed by atoms with van der Waals surface area (Å²) < 4.78 is 0. The van der Waals surface area contributed by atoms with Crippen LogP contribution in [0.5, 0.6) is 0 Å². The average molecular weight is 427 g/mol. The molecule has 0 bridgehead atoms. The predicted molar refractivity (Wildman–Crippen MR) is 133 cm³/mol. The van der Waals surface area contributed by atoms with Crippen molar-refractivity contribution in [3.63, 3.8) is 0 Å². The van der Waals surface area contributed by atoms with E-state index in [1.807, 2.05) is 6.08 Å². The van der Waals surface area contributed by atoms with E-state index in [0.717, 1.165) is 48.3 Å². The molecule has 0 saturated heterocycles. The third-order valence-electron chi connectivity index (χ3n) is 11.0. The van der Waals surface area contributed by atoms with Gasteiger partial charge in [0.2, 0.25) is 0 Å². The molecular formula is C30H50O. The lowest BCUT2D eigenvalue weighted by Crippen LogP contribution is -2.52. The SMILES string of the molecule is C=CC[C@H]1C2=CCC3C(CC[C@@]4(C)C3CC[C@@H]4[C@H](C)CCCC(C)C)[C@@]2(C)CC[C@H]1O. The highest BCUT2D eigenvalue weighted by Gasteiger charge is 2.59. The van der Waals surface area contributed by atoms with Crippen molar-refractivity contribution in [2.75, 3.05) is 0 Å². The molecule has 0 aromatic heterocycles. The lowest BCUT2D eigenvalue weighted by molar-refractivity contribution is -0.0656. The molecule has 9 atom stereocenters. The second kappa shape index (κ2) is 9.00. The Morgan fingerprint density at radius 1 is 1.06 bits per heavy atom. The number of hydrogen-bond donors (Lipinski definition) is 1. The van der Waals surface area contributed by atoms with Crippen LogP contribution in [0.2, 0.25) is 0 Å². The summed E-state index contributed by atoms with van der Waals surface area (Å²) in [5, 5.41) is 10.8. The molecule has 0 radical (unpaired) electrons. The van der Waals surface area contributed by atoms with E-state index in [9.17, 15) is 5.11 Å². The van der Waals surface area contributed by atoms with Crippen LogP contribution in [-0.4, -0.2) is 11.2 Å². The molecule has 4 aliphatic rings. The summed E-state index contributed by atoms with van der Waals surface area (Å²) in [5.41, 5.74) is 2.49. The number of rotatable bonds is 7. The van der Waals surface area contributed by atoms with E-state index in [4.69, 9.17) is 0 Å². The molecule has 1 N–H and O–H groups in total. The fraction of sp³-hybridized carbons (Fsp3) is 0.867. The van der Waals surface area contributed by atoms with Gasteiger partial charge in [-0.25, -0.2) is 0 Å². The zero-order valence-electron chi connectivity index (χ0n) is 21.2. The highest BCUT2D eigenvalue weighted by atomic mass is 16.3. The highest BCUT2D eigenvalue weighted by Crippen LogP contribution is 2.68. The monoisotopic (exact) mass is 426 g/mol. The first-order valence-corrected chi connectivity index (χ1v) is 13.7. The molecule has 3 saturated carbocycles. The minimum atomic E-state index is -0.162. The van der Waals surface area contributed by atoms with Gasteiger partial charge in [-0.15, -0.1) is 6.58 Å². The molecule has 3 fully saturated rings. The van der Waals surface area contributed by atoms with Gasteiger partial charge in [0.15, 0.2) is 0 Å². The number of fused-ring (bicyclic) bond motifs is 5. The van der Waals surface area contributed by atoms with Crippen molar-refractivity contribution in [3.8, 4) is 0 Å². The minimum Gasteiger partial charge on any atom is -0.392 e. The molecule has 1 heteroatoms. The number of allylic oxidation sites excluding steroid dienone is 2. The van der Waals surface area contributed by atoms with Crippen molar-refractivity contribution in [1.82, 2.24) is 0 Å². The molecule has 4 aliphatic carbocycles. The number of aliphatic hydroxyl groups is 1. The van der Waals surface area contributed by atoms with Gasteiger partial charge in [-0.1, -0.05) is 71.6 Å². The van der Waals surface area contributed by atoms with E-state index in [1.54, 1.807) is 5.57 Å². The first-order valence-electron chi connectivity index (χ1n) is 13.7. The van der Waals surface area contributed by atoms with Crippen molar-refractivity contribution in [2.24, 2.45) is 52.3 Å². The molecule has 0 spiro atoms. The Bertz CT molecular complexity index is 676. The van der Waals surface area contributed by atoms with Gasteiger partial charge in [0.1, 0.15) is 0 Å². The summed E-state index contributed by atoms with van der Waals surface area (Å²) >= 11 is 0. The molecule has 0 aromatic carbocycles. The largest absolute Gasteiger partial charge is 0.392 e. The summed E-state index contributed by atoms with van der Waals surface area (Å²) in [6, 6.07) is 0. The van der Waals surface area contributed by atoms with Gasteiger partial charge >= 0.3 is 0 Å². The minimum absolute atomic E-state index is 0.162. The maximum Gasteiger partial charge on any atom is 0.0609 e. The first kappa shape index (κ1) is 23.6.